The molecule has 0 radical (unpaired) electrons. The lowest BCUT2D eigenvalue weighted by atomic mass is 10.4. The van der Waals surface area contributed by atoms with Crippen molar-refractivity contribution in [3.8, 4) is 0 Å². The highest BCUT2D eigenvalue weighted by Crippen LogP contribution is 2.27. The van der Waals surface area contributed by atoms with Crippen molar-refractivity contribution in [2.24, 2.45) is 0 Å². The third-order valence-electron chi connectivity index (χ3n) is 2.08. The Hall–Kier alpha value is -2.29. The van der Waals surface area contributed by atoms with Crippen LogP contribution in [-0.4, -0.2) is 36.6 Å². The fourth-order valence-corrected chi connectivity index (χ4v) is 1.50. The molecule has 2 heterocycles. The molecule has 2 aromatic heterocycles. The second kappa shape index (κ2) is 5.36. The van der Waals surface area contributed by atoms with Gasteiger partial charge in [-0.3, -0.25) is 15.2 Å². The van der Waals surface area contributed by atoms with E-state index in [1.807, 2.05) is 0 Å². The first kappa shape index (κ1) is 12.2. The van der Waals surface area contributed by atoms with E-state index in [9.17, 15) is 10.1 Å². The maximum atomic E-state index is 10.8. The second-order valence-electron chi connectivity index (χ2n) is 3.23. The molecule has 2 N–H and O–H groups in total. The van der Waals surface area contributed by atoms with E-state index in [0.29, 0.717) is 18.8 Å². The van der Waals surface area contributed by atoms with Crippen LogP contribution < -0.4 is 5.32 Å². The van der Waals surface area contributed by atoms with Crippen molar-refractivity contribution in [1.82, 2.24) is 25.1 Å². The predicted molar refractivity (Wildman–Crippen MR) is 62.3 cm³/mol. The van der Waals surface area contributed by atoms with Gasteiger partial charge >= 0.3 is 5.69 Å². The maximum absolute atomic E-state index is 10.8. The maximum Gasteiger partial charge on any atom is 0.348 e. The molecular formula is C8H8ClN7O2. The van der Waals surface area contributed by atoms with Crippen LogP contribution in [-0.2, 0) is 6.42 Å². The minimum Gasteiger partial charge on any atom is -0.364 e. The molecule has 0 amide bonds. The molecule has 0 aliphatic carbocycles. The molecule has 18 heavy (non-hydrogen) atoms. The van der Waals surface area contributed by atoms with Crippen molar-refractivity contribution in [3.05, 3.63) is 33.7 Å². The molecule has 0 saturated heterocycles. The van der Waals surface area contributed by atoms with E-state index in [1.165, 1.54) is 6.33 Å². The Balaban J connectivity index is 2.05. The summed E-state index contributed by atoms with van der Waals surface area (Å²) in [5.41, 5.74) is -0.336. The van der Waals surface area contributed by atoms with Gasteiger partial charge in [0.2, 0.25) is 11.0 Å². The van der Waals surface area contributed by atoms with Crippen LogP contribution in [0.1, 0.15) is 5.82 Å². The number of hydrogen-bond acceptors (Lipinski definition) is 7. The van der Waals surface area contributed by atoms with E-state index in [2.05, 4.69) is 30.5 Å². The quantitative estimate of drug-likeness (QED) is 0.468. The summed E-state index contributed by atoms with van der Waals surface area (Å²) in [6.45, 7) is 0.406. The van der Waals surface area contributed by atoms with Gasteiger partial charge in [-0.15, -0.1) is 0 Å². The van der Waals surface area contributed by atoms with Gasteiger partial charge in [0, 0.05) is 13.0 Å². The number of aromatic nitrogens is 5. The van der Waals surface area contributed by atoms with Crippen molar-refractivity contribution in [2.75, 3.05) is 11.9 Å². The molecule has 9 nitrogen and oxygen atoms in total. The highest BCUT2D eigenvalue weighted by atomic mass is 35.5. The molecule has 94 valence electrons. The highest BCUT2D eigenvalue weighted by molar-refractivity contribution is 6.31. The minimum atomic E-state index is -0.626. The van der Waals surface area contributed by atoms with Gasteiger partial charge in [0.25, 0.3) is 0 Å². The smallest absolute Gasteiger partial charge is 0.348 e. The third kappa shape index (κ3) is 2.69. The molecule has 0 atom stereocenters. The van der Waals surface area contributed by atoms with E-state index in [0.717, 1.165) is 6.33 Å². The summed E-state index contributed by atoms with van der Waals surface area (Å²) < 4.78 is 0. The van der Waals surface area contributed by atoms with Gasteiger partial charge in [-0.1, -0.05) is 11.6 Å². The van der Waals surface area contributed by atoms with Crippen molar-refractivity contribution in [2.45, 2.75) is 6.42 Å². The first-order valence-electron chi connectivity index (χ1n) is 4.91. The number of nitrogens with zero attached hydrogens (tertiary/aromatic N) is 5. The van der Waals surface area contributed by atoms with Gasteiger partial charge in [0.1, 0.15) is 18.5 Å². The predicted octanol–water partition coefficient (Wildman–Crippen LogP) is 0.811. The summed E-state index contributed by atoms with van der Waals surface area (Å²) in [5.74, 6) is 0.754. The summed E-state index contributed by atoms with van der Waals surface area (Å²) in [4.78, 5) is 21.5. The monoisotopic (exact) mass is 269 g/mol. The standard InChI is InChI=1S/C8H8ClN7O2/c9-7-6(16(17)18)8(13-3-12-7)10-2-1-5-11-4-14-15-5/h3-4H,1-2H2,(H,10,12,13)(H,11,14,15). The number of nitrogens with one attached hydrogen (secondary N) is 2. The Morgan fingerprint density at radius 2 is 2.22 bits per heavy atom. The zero-order valence-corrected chi connectivity index (χ0v) is 9.76. The Labute approximate surface area is 106 Å². The fraction of sp³-hybridized carbons (Fsp3) is 0.250. The highest BCUT2D eigenvalue weighted by Gasteiger charge is 2.20. The number of nitro groups is 1. The van der Waals surface area contributed by atoms with Crippen LogP contribution in [0.2, 0.25) is 5.15 Å². The Bertz CT molecular complexity index is 544. The van der Waals surface area contributed by atoms with Gasteiger partial charge in [-0.25, -0.2) is 15.0 Å². The molecular weight excluding hydrogens is 262 g/mol. The first-order chi connectivity index (χ1) is 8.68. The minimum absolute atomic E-state index is 0.0829. The van der Waals surface area contributed by atoms with Gasteiger partial charge in [0.05, 0.1) is 4.92 Å². The molecule has 0 unspecified atom stereocenters. The number of H-pyrrole nitrogens is 1. The summed E-state index contributed by atoms with van der Waals surface area (Å²) in [6, 6.07) is 0. The Morgan fingerprint density at radius 1 is 1.39 bits per heavy atom. The summed E-state index contributed by atoms with van der Waals surface area (Å²) in [6.07, 6.45) is 3.07. The lowest BCUT2D eigenvalue weighted by Gasteiger charge is -2.04. The Morgan fingerprint density at radius 3 is 2.89 bits per heavy atom. The van der Waals surface area contributed by atoms with Crippen LogP contribution in [0.25, 0.3) is 0 Å². The number of anilines is 1. The van der Waals surface area contributed by atoms with Crippen LogP contribution in [0.15, 0.2) is 12.7 Å². The molecule has 2 aromatic rings. The summed E-state index contributed by atoms with van der Waals surface area (Å²) >= 11 is 5.64. The van der Waals surface area contributed by atoms with Crippen LogP contribution in [0.4, 0.5) is 11.5 Å². The van der Waals surface area contributed by atoms with Crippen molar-refractivity contribution in [3.63, 3.8) is 0 Å². The molecule has 0 bridgehead atoms. The average Bonchev–Trinajstić information content (AvgIpc) is 2.81. The zero-order valence-electron chi connectivity index (χ0n) is 9.00. The molecule has 0 aliphatic rings. The first-order valence-corrected chi connectivity index (χ1v) is 5.29. The zero-order chi connectivity index (χ0) is 13.0. The molecule has 0 fully saturated rings. The molecule has 0 saturated carbocycles. The molecule has 2 rings (SSSR count). The number of halogens is 1. The van der Waals surface area contributed by atoms with Crippen LogP contribution >= 0.6 is 11.6 Å². The van der Waals surface area contributed by atoms with Gasteiger partial charge in [0.15, 0.2) is 0 Å². The number of aromatic amines is 1. The molecule has 0 aromatic carbocycles. The summed E-state index contributed by atoms with van der Waals surface area (Å²) in [5, 5.41) is 19.8. The van der Waals surface area contributed by atoms with Crippen LogP contribution in [0.3, 0.4) is 0 Å². The lowest BCUT2D eigenvalue weighted by Crippen LogP contribution is -2.10. The van der Waals surface area contributed by atoms with Crippen LogP contribution in [0, 0.1) is 10.1 Å². The second-order valence-corrected chi connectivity index (χ2v) is 3.59. The fourth-order valence-electron chi connectivity index (χ4n) is 1.30. The lowest BCUT2D eigenvalue weighted by molar-refractivity contribution is -0.384. The van der Waals surface area contributed by atoms with Gasteiger partial charge in [-0.05, 0) is 0 Å². The topological polar surface area (TPSA) is 123 Å². The summed E-state index contributed by atoms with van der Waals surface area (Å²) in [7, 11) is 0. The average molecular weight is 270 g/mol. The molecule has 0 spiro atoms. The van der Waals surface area contributed by atoms with E-state index in [4.69, 9.17) is 11.6 Å². The van der Waals surface area contributed by atoms with E-state index >= 15 is 0 Å². The Kier molecular flexibility index (Phi) is 3.63. The van der Waals surface area contributed by atoms with E-state index < -0.39 is 4.92 Å². The van der Waals surface area contributed by atoms with Crippen molar-refractivity contribution >= 4 is 23.1 Å². The number of rotatable bonds is 5. The SMILES string of the molecule is O=[N+]([O-])c1c(Cl)ncnc1NCCc1ncn[nH]1. The third-order valence-corrected chi connectivity index (χ3v) is 2.36. The van der Waals surface area contributed by atoms with Crippen molar-refractivity contribution in [1.29, 1.82) is 0 Å². The molecule has 10 heteroatoms. The number of hydrogen-bond donors (Lipinski definition) is 2. The normalized spacial score (nSPS) is 10.3. The van der Waals surface area contributed by atoms with E-state index in [1.54, 1.807) is 0 Å². The van der Waals surface area contributed by atoms with Gasteiger partial charge < -0.3 is 5.32 Å². The van der Waals surface area contributed by atoms with Gasteiger partial charge in [-0.2, -0.15) is 5.10 Å². The van der Waals surface area contributed by atoms with Crippen LogP contribution in [0.5, 0.6) is 0 Å². The largest absolute Gasteiger partial charge is 0.364 e. The van der Waals surface area contributed by atoms with Crippen molar-refractivity contribution < 1.29 is 4.92 Å². The molecule has 0 aliphatic heterocycles. The van der Waals surface area contributed by atoms with E-state index in [-0.39, 0.29) is 16.7 Å².